The van der Waals surface area contributed by atoms with E-state index in [0.29, 0.717) is 16.5 Å². The number of pyridine rings is 1. The van der Waals surface area contributed by atoms with E-state index in [1.165, 1.54) is 0 Å². The highest BCUT2D eigenvalue weighted by Crippen LogP contribution is 2.28. The van der Waals surface area contributed by atoms with E-state index in [1.807, 2.05) is 37.3 Å². The molecule has 1 aromatic carbocycles. The summed E-state index contributed by atoms with van der Waals surface area (Å²) < 4.78 is 0. The summed E-state index contributed by atoms with van der Waals surface area (Å²) in [5.41, 5.74) is 9.02. The Bertz CT molecular complexity index is 535. The SMILES string of the molecule is Cc1ccnc(C(N)Cc2c(Cl)cccc2Cl)c1. The predicted molar refractivity (Wildman–Crippen MR) is 76.1 cm³/mol. The second-order valence-corrected chi connectivity index (χ2v) is 5.08. The summed E-state index contributed by atoms with van der Waals surface area (Å²) in [6.07, 6.45) is 2.34. The van der Waals surface area contributed by atoms with Gasteiger partial charge in [0, 0.05) is 16.2 Å². The zero-order valence-electron chi connectivity index (χ0n) is 10.0. The molecular formula is C14H14Cl2N2. The summed E-state index contributed by atoms with van der Waals surface area (Å²) in [6, 6.07) is 9.18. The lowest BCUT2D eigenvalue weighted by Gasteiger charge is -2.14. The lowest BCUT2D eigenvalue weighted by Crippen LogP contribution is -2.15. The number of hydrogen-bond acceptors (Lipinski definition) is 2. The van der Waals surface area contributed by atoms with Gasteiger partial charge in [0.1, 0.15) is 0 Å². The molecular weight excluding hydrogens is 267 g/mol. The van der Waals surface area contributed by atoms with Gasteiger partial charge in [-0.2, -0.15) is 0 Å². The summed E-state index contributed by atoms with van der Waals surface area (Å²) in [7, 11) is 0. The maximum atomic E-state index is 6.15. The van der Waals surface area contributed by atoms with Gasteiger partial charge in [-0.1, -0.05) is 29.3 Å². The van der Waals surface area contributed by atoms with Crippen molar-refractivity contribution in [2.24, 2.45) is 5.73 Å². The lowest BCUT2D eigenvalue weighted by atomic mass is 10.0. The first-order chi connectivity index (χ1) is 8.58. The van der Waals surface area contributed by atoms with Crippen LogP contribution in [0, 0.1) is 6.92 Å². The molecule has 1 unspecified atom stereocenters. The van der Waals surface area contributed by atoms with Crippen LogP contribution in [0.5, 0.6) is 0 Å². The molecule has 0 spiro atoms. The van der Waals surface area contributed by atoms with Crippen LogP contribution in [0.15, 0.2) is 36.5 Å². The maximum absolute atomic E-state index is 6.15. The van der Waals surface area contributed by atoms with Crippen LogP contribution < -0.4 is 5.73 Å². The quantitative estimate of drug-likeness (QED) is 0.925. The standard InChI is InChI=1S/C14H14Cl2N2/c1-9-5-6-18-14(7-9)13(17)8-10-11(15)3-2-4-12(10)16/h2-7,13H,8,17H2,1H3. The number of nitrogens with two attached hydrogens (primary N) is 1. The van der Waals surface area contributed by atoms with Crippen molar-refractivity contribution in [1.29, 1.82) is 0 Å². The van der Waals surface area contributed by atoms with E-state index in [2.05, 4.69) is 4.98 Å². The molecule has 1 heterocycles. The molecule has 0 radical (unpaired) electrons. The van der Waals surface area contributed by atoms with Gasteiger partial charge in [-0.3, -0.25) is 4.98 Å². The second kappa shape index (κ2) is 5.70. The van der Waals surface area contributed by atoms with Crippen molar-refractivity contribution in [2.75, 3.05) is 0 Å². The molecule has 1 atom stereocenters. The van der Waals surface area contributed by atoms with E-state index < -0.39 is 0 Å². The highest BCUT2D eigenvalue weighted by Gasteiger charge is 2.13. The Morgan fingerprint density at radius 2 is 1.89 bits per heavy atom. The van der Waals surface area contributed by atoms with Gasteiger partial charge < -0.3 is 5.73 Å². The average molecular weight is 281 g/mol. The van der Waals surface area contributed by atoms with Crippen molar-refractivity contribution in [3.8, 4) is 0 Å². The van der Waals surface area contributed by atoms with Crippen molar-refractivity contribution in [2.45, 2.75) is 19.4 Å². The molecule has 0 aliphatic heterocycles. The third-order valence-electron chi connectivity index (χ3n) is 2.80. The minimum atomic E-state index is -0.206. The van der Waals surface area contributed by atoms with Crippen molar-refractivity contribution in [3.05, 3.63) is 63.4 Å². The highest BCUT2D eigenvalue weighted by molar-refractivity contribution is 6.36. The number of benzene rings is 1. The third kappa shape index (κ3) is 3.02. The number of rotatable bonds is 3. The first-order valence-corrected chi connectivity index (χ1v) is 6.44. The van der Waals surface area contributed by atoms with E-state index in [4.69, 9.17) is 28.9 Å². The van der Waals surface area contributed by atoms with Crippen LogP contribution in [0.2, 0.25) is 10.0 Å². The average Bonchev–Trinajstić information content (AvgIpc) is 2.34. The summed E-state index contributed by atoms with van der Waals surface area (Å²) in [5.74, 6) is 0. The molecule has 18 heavy (non-hydrogen) atoms. The molecule has 0 amide bonds. The monoisotopic (exact) mass is 280 g/mol. The topological polar surface area (TPSA) is 38.9 Å². The molecule has 0 fully saturated rings. The normalized spacial score (nSPS) is 12.4. The van der Waals surface area contributed by atoms with Crippen LogP contribution in [-0.4, -0.2) is 4.98 Å². The van der Waals surface area contributed by atoms with Crippen molar-refractivity contribution < 1.29 is 0 Å². The van der Waals surface area contributed by atoms with E-state index in [1.54, 1.807) is 6.20 Å². The van der Waals surface area contributed by atoms with E-state index >= 15 is 0 Å². The zero-order chi connectivity index (χ0) is 13.1. The van der Waals surface area contributed by atoms with Gasteiger partial charge in [0.2, 0.25) is 0 Å². The van der Waals surface area contributed by atoms with Gasteiger partial charge in [-0.05, 0) is 48.7 Å². The minimum Gasteiger partial charge on any atom is -0.322 e. The van der Waals surface area contributed by atoms with E-state index in [9.17, 15) is 0 Å². The minimum absolute atomic E-state index is 0.206. The fourth-order valence-electron chi connectivity index (χ4n) is 1.81. The maximum Gasteiger partial charge on any atom is 0.0577 e. The lowest BCUT2D eigenvalue weighted by molar-refractivity contribution is 0.695. The van der Waals surface area contributed by atoms with Gasteiger partial charge >= 0.3 is 0 Å². The van der Waals surface area contributed by atoms with Crippen molar-refractivity contribution >= 4 is 23.2 Å². The van der Waals surface area contributed by atoms with Crippen molar-refractivity contribution in [3.63, 3.8) is 0 Å². The highest BCUT2D eigenvalue weighted by atomic mass is 35.5. The Morgan fingerprint density at radius 3 is 2.50 bits per heavy atom. The predicted octanol–water partition coefficient (Wildman–Crippen LogP) is 3.94. The number of hydrogen-bond donors (Lipinski definition) is 1. The van der Waals surface area contributed by atoms with Crippen LogP contribution in [0.3, 0.4) is 0 Å². The fourth-order valence-corrected chi connectivity index (χ4v) is 2.37. The molecule has 4 heteroatoms. The molecule has 0 aliphatic rings. The molecule has 2 aromatic rings. The van der Waals surface area contributed by atoms with Crippen LogP contribution in [-0.2, 0) is 6.42 Å². The molecule has 0 saturated heterocycles. The smallest absolute Gasteiger partial charge is 0.0577 e. The van der Waals surface area contributed by atoms with Crippen molar-refractivity contribution in [1.82, 2.24) is 4.98 Å². The first-order valence-electron chi connectivity index (χ1n) is 5.69. The molecule has 0 saturated carbocycles. The van der Waals surface area contributed by atoms with Crippen LogP contribution in [0.25, 0.3) is 0 Å². The second-order valence-electron chi connectivity index (χ2n) is 4.27. The van der Waals surface area contributed by atoms with Crippen LogP contribution >= 0.6 is 23.2 Å². The Kier molecular flexibility index (Phi) is 4.23. The molecule has 0 bridgehead atoms. The largest absolute Gasteiger partial charge is 0.322 e. The van der Waals surface area contributed by atoms with Gasteiger partial charge in [-0.25, -0.2) is 0 Å². The Hall–Kier alpha value is -1.09. The zero-order valence-corrected chi connectivity index (χ0v) is 11.5. The third-order valence-corrected chi connectivity index (χ3v) is 3.51. The molecule has 0 aliphatic carbocycles. The van der Waals surface area contributed by atoms with Gasteiger partial charge in [0.25, 0.3) is 0 Å². The molecule has 2 rings (SSSR count). The Morgan fingerprint density at radius 1 is 1.22 bits per heavy atom. The molecule has 2 nitrogen and oxygen atoms in total. The number of aromatic nitrogens is 1. The molecule has 2 N–H and O–H groups in total. The first kappa shape index (κ1) is 13.3. The van der Waals surface area contributed by atoms with E-state index in [0.717, 1.165) is 16.8 Å². The van der Waals surface area contributed by atoms with Gasteiger partial charge in [0.15, 0.2) is 0 Å². The number of halogens is 2. The summed E-state index contributed by atoms with van der Waals surface area (Å²) >= 11 is 12.3. The van der Waals surface area contributed by atoms with Gasteiger partial charge in [0.05, 0.1) is 11.7 Å². The number of aryl methyl sites for hydroxylation is 1. The fraction of sp³-hybridized carbons (Fsp3) is 0.214. The summed E-state index contributed by atoms with van der Waals surface area (Å²) in [5, 5.41) is 1.29. The Labute approximate surface area is 117 Å². The number of nitrogens with zero attached hydrogens (tertiary/aromatic N) is 1. The molecule has 94 valence electrons. The van der Waals surface area contributed by atoms with Crippen LogP contribution in [0.4, 0.5) is 0 Å². The summed E-state index contributed by atoms with van der Waals surface area (Å²) in [4.78, 5) is 4.28. The van der Waals surface area contributed by atoms with Crippen LogP contribution in [0.1, 0.15) is 22.9 Å². The van der Waals surface area contributed by atoms with Gasteiger partial charge in [-0.15, -0.1) is 0 Å². The molecule has 1 aromatic heterocycles. The Balaban J connectivity index is 2.24. The summed E-state index contributed by atoms with van der Waals surface area (Å²) in [6.45, 7) is 2.01. The van der Waals surface area contributed by atoms with E-state index in [-0.39, 0.29) is 6.04 Å².